The number of likely N-dealkylation sites (N-methyl/N-ethyl adjacent to an activating group) is 1. The molecule has 0 radical (unpaired) electrons. The van der Waals surface area contributed by atoms with Crippen LogP contribution >= 0.6 is 0 Å². The third-order valence-corrected chi connectivity index (χ3v) is 8.10. The number of rotatable bonds is 35. The molecule has 0 saturated carbocycles. The first-order chi connectivity index (χ1) is 24.6. The lowest BCUT2D eigenvalue weighted by atomic mass is 10.1. The number of ether oxygens (including phenoxy) is 4. The van der Waals surface area contributed by atoms with Gasteiger partial charge >= 0.3 is 17.9 Å². The Morgan fingerprint density at radius 1 is 0.608 bits per heavy atom. The lowest BCUT2D eigenvalue weighted by Crippen LogP contribution is -2.40. The maximum absolute atomic E-state index is 12.7. The Hall–Kier alpha value is -2.75. The summed E-state index contributed by atoms with van der Waals surface area (Å²) in [6.45, 7) is 4.68. The Balaban J connectivity index is 4.55. The molecule has 9 nitrogen and oxygen atoms in total. The molecule has 294 valence electrons. The van der Waals surface area contributed by atoms with Crippen molar-refractivity contribution in [2.45, 2.75) is 155 Å². The monoisotopic (exact) mass is 721 g/mol. The summed E-state index contributed by atoms with van der Waals surface area (Å²) in [7, 11) is 5.93. The van der Waals surface area contributed by atoms with Gasteiger partial charge in [-0.2, -0.15) is 0 Å². The van der Waals surface area contributed by atoms with Crippen molar-refractivity contribution in [3.8, 4) is 0 Å². The van der Waals surface area contributed by atoms with Crippen LogP contribution in [0.4, 0.5) is 0 Å². The van der Waals surface area contributed by atoms with Crippen LogP contribution in [0.15, 0.2) is 48.6 Å². The topological polar surface area (TPSA) is 108 Å². The van der Waals surface area contributed by atoms with Crippen LogP contribution in [0.3, 0.4) is 0 Å². The molecule has 2 unspecified atom stereocenters. The normalized spacial score (nSPS) is 13.5. The first-order valence-corrected chi connectivity index (χ1v) is 19.8. The van der Waals surface area contributed by atoms with Gasteiger partial charge in [0.1, 0.15) is 13.2 Å². The van der Waals surface area contributed by atoms with Gasteiger partial charge in [0.2, 0.25) is 0 Å². The van der Waals surface area contributed by atoms with Gasteiger partial charge in [-0.15, -0.1) is 0 Å². The fraction of sp³-hybridized carbons (Fsp3) is 0.738. The SMILES string of the molecule is CC/C=C\C/C=C\C/C=C\C/C=C\CCCCCCC(=O)OC(COC(=O)CCCCCCCCCCC)COC(OCC[N+](C)(C)C)C(=O)O. The Kier molecular flexibility index (Phi) is 32.5. The average Bonchev–Trinajstić information content (AvgIpc) is 3.08. The number of hydrogen-bond donors (Lipinski definition) is 1. The van der Waals surface area contributed by atoms with E-state index in [0.717, 1.165) is 70.6 Å². The summed E-state index contributed by atoms with van der Waals surface area (Å²) in [5.41, 5.74) is 0. The van der Waals surface area contributed by atoms with Crippen LogP contribution in [0, 0.1) is 0 Å². The predicted octanol–water partition coefficient (Wildman–Crippen LogP) is 9.66. The van der Waals surface area contributed by atoms with Gasteiger partial charge in [-0.25, -0.2) is 4.79 Å². The number of carboxylic acids is 1. The average molecular weight is 721 g/mol. The summed E-state index contributed by atoms with van der Waals surface area (Å²) in [4.78, 5) is 36.9. The van der Waals surface area contributed by atoms with Gasteiger partial charge in [0, 0.05) is 12.8 Å². The van der Waals surface area contributed by atoms with Gasteiger partial charge in [-0.05, 0) is 51.4 Å². The molecule has 9 heteroatoms. The number of allylic oxidation sites excluding steroid dienone is 8. The molecule has 0 aliphatic heterocycles. The molecular weight excluding hydrogens is 646 g/mol. The van der Waals surface area contributed by atoms with E-state index in [9.17, 15) is 19.5 Å². The highest BCUT2D eigenvalue weighted by atomic mass is 16.7. The number of nitrogens with zero attached hydrogens (tertiary/aromatic N) is 1. The molecule has 0 spiro atoms. The molecule has 0 aliphatic carbocycles. The van der Waals surface area contributed by atoms with Crippen molar-refractivity contribution in [1.82, 2.24) is 0 Å². The molecule has 0 aromatic heterocycles. The zero-order chi connectivity index (χ0) is 37.8. The van der Waals surface area contributed by atoms with Gasteiger partial charge in [-0.1, -0.05) is 127 Å². The van der Waals surface area contributed by atoms with E-state index < -0.39 is 24.3 Å². The quantitative estimate of drug-likeness (QED) is 0.0227. The van der Waals surface area contributed by atoms with Crippen molar-refractivity contribution in [3.05, 3.63) is 48.6 Å². The second kappa shape index (κ2) is 34.3. The first kappa shape index (κ1) is 48.2. The summed E-state index contributed by atoms with van der Waals surface area (Å²) >= 11 is 0. The standard InChI is InChI=1S/C42H73NO8/c1-6-8-10-12-14-16-17-18-19-20-21-22-23-25-27-29-31-33-40(45)51-38(37-50-42(41(46)47)48-35-34-43(3,4)5)36-49-39(44)32-30-28-26-24-15-13-11-9-7-2/h8,10,14,16,18-19,21-22,38,42H,6-7,9,11-13,15,17,20,23-37H2,1-5H3/p+1/b10-8-,16-14-,19-18-,22-21-. The van der Waals surface area contributed by atoms with Crippen LogP contribution in [0.2, 0.25) is 0 Å². The third-order valence-electron chi connectivity index (χ3n) is 8.10. The summed E-state index contributed by atoms with van der Waals surface area (Å²) in [6, 6.07) is 0. The van der Waals surface area contributed by atoms with Gasteiger partial charge < -0.3 is 28.5 Å². The number of carboxylic acid groups (broad SMARTS) is 1. The minimum absolute atomic E-state index is 0.181. The highest BCUT2D eigenvalue weighted by Crippen LogP contribution is 2.12. The van der Waals surface area contributed by atoms with Crippen molar-refractivity contribution in [2.75, 3.05) is 47.5 Å². The van der Waals surface area contributed by atoms with E-state index in [-0.39, 0.29) is 32.2 Å². The highest BCUT2D eigenvalue weighted by Gasteiger charge is 2.25. The Morgan fingerprint density at radius 3 is 1.67 bits per heavy atom. The summed E-state index contributed by atoms with van der Waals surface area (Å²) in [5, 5.41) is 9.58. The van der Waals surface area contributed by atoms with Crippen molar-refractivity contribution < 1.29 is 42.9 Å². The van der Waals surface area contributed by atoms with Crippen LogP contribution in [-0.4, -0.2) is 87.4 Å². The third kappa shape index (κ3) is 35.4. The van der Waals surface area contributed by atoms with E-state index in [2.05, 4.69) is 62.5 Å². The maximum atomic E-state index is 12.7. The van der Waals surface area contributed by atoms with Crippen LogP contribution in [0.5, 0.6) is 0 Å². The van der Waals surface area contributed by atoms with E-state index in [0.29, 0.717) is 23.9 Å². The van der Waals surface area contributed by atoms with Gasteiger partial charge in [0.15, 0.2) is 6.10 Å². The lowest BCUT2D eigenvalue weighted by Gasteiger charge is -2.25. The van der Waals surface area contributed by atoms with Crippen molar-refractivity contribution in [2.24, 2.45) is 0 Å². The van der Waals surface area contributed by atoms with Crippen molar-refractivity contribution >= 4 is 17.9 Å². The Morgan fingerprint density at radius 2 is 1.12 bits per heavy atom. The van der Waals surface area contributed by atoms with Crippen LogP contribution in [-0.2, 0) is 33.3 Å². The van der Waals surface area contributed by atoms with E-state index in [1.807, 2.05) is 21.1 Å². The smallest absolute Gasteiger partial charge is 0.361 e. The zero-order valence-corrected chi connectivity index (χ0v) is 33.0. The number of unbranched alkanes of at least 4 members (excludes halogenated alkanes) is 12. The molecule has 0 aromatic carbocycles. The molecule has 0 aliphatic rings. The number of hydrogen-bond acceptors (Lipinski definition) is 7. The molecule has 51 heavy (non-hydrogen) atoms. The zero-order valence-electron chi connectivity index (χ0n) is 33.0. The number of aliphatic carboxylic acids is 1. The summed E-state index contributed by atoms with van der Waals surface area (Å²) in [6.07, 6.45) is 34.6. The largest absolute Gasteiger partial charge is 0.477 e. The number of carbonyl (C=O) groups excluding carboxylic acids is 2. The number of carbonyl (C=O) groups is 3. The fourth-order valence-corrected chi connectivity index (χ4v) is 5.00. The summed E-state index contributed by atoms with van der Waals surface area (Å²) < 4.78 is 22.6. The molecule has 2 atom stereocenters. The first-order valence-electron chi connectivity index (χ1n) is 19.8. The Bertz CT molecular complexity index is 982. The molecule has 1 N–H and O–H groups in total. The van der Waals surface area contributed by atoms with E-state index >= 15 is 0 Å². The highest BCUT2D eigenvalue weighted by molar-refractivity contribution is 5.71. The molecular formula is C42H74NO8+. The van der Waals surface area contributed by atoms with Gasteiger partial charge in [0.25, 0.3) is 6.29 Å². The molecule has 0 rings (SSSR count). The summed E-state index contributed by atoms with van der Waals surface area (Å²) in [5.74, 6) is -2.05. The van der Waals surface area contributed by atoms with E-state index in [4.69, 9.17) is 18.9 Å². The minimum atomic E-state index is -1.51. The lowest BCUT2D eigenvalue weighted by molar-refractivity contribution is -0.870. The van der Waals surface area contributed by atoms with Crippen molar-refractivity contribution in [1.29, 1.82) is 0 Å². The predicted molar refractivity (Wildman–Crippen MR) is 207 cm³/mol. The second-order valence-electron chi connectivity index (χ2n) is 14.2. The second-order valence-corrected chi connectivity index (χ2v) is 14.2. The number of quaternary nitrogens is 1. The molecule has 0 heterocycles. The molecule has 0 aromatic rings. The van der Waals surface area contributed by atoms with E-state index in [1.54, 1.807) is 0 Å². The van der Waals surface area contributed by atoms with Crippen LogP contribution in [0.25, 0.3) is 0 Å². The maximum Gasteiger partial charge on any atom is 0.361 e. The molecule has 0 fully saturated rings. The van der Waals surface area contributed by atoms with Crippen LogP contribution < -0.4 is 0 Å². The molecule has 0 saturated heterocycles. The molecule has 0 amide bonds. The van der Waals surface area contributed by atoms with Gasteiger partial charge in [-0.3, -0.25) is 9.59 Å². The number of esters is 2. The molecule has 0 bridgehead atoms. The fourth-order valence-electron chi connectivity index (χ4n) is 5.00. The van der Waals surface area contributed by atoms with Gasteiger partial charge in [0.05, 0.1) is 34.4 Å². The van der Waals surface area contributed by atoms with Crippen molar-refractivity contribution in [3.63, 3.8) is 0 Å². The van der Waals surface area contributed by atoms with Crippen LogP contribution in [0.1, 0.15) is 142 Å². The minimum Gasteiger partial charge on any atom is -0.477 e. The Labute approximate surface area is 311 Å². The van der Waals surface area contributed by atoms with E-state index in [1.165, 1.54) is 38.5 Å².